The lowest BCUT2D eigenvalue weighted by molar-refractivity contribution is -0.174. The van der Waals surface area contributed by atoms with Gasteiger partial charge in [-0.05, 0) is 31.0 Å². The fourth-order valence-electron chi connectivity index (χ4n) is 1.62. The molecule has 0 heterocycles. The van der Waals surface area contributed by atoms with Gasteiger partial charge in [0, 0.05) is 16.6 Å². The predicted molar refractivity (Wildman–Crippen MR) is 75.5 cm³/mol. The fraction of sp³-hybridized carbons (Fsp3) is 0.538. The van der Waals surface area contributed by atoms with Gasteiger partial charge in [-0.15, -0.1) is 11.6 Å². The second kappa shape index (κ2) is 7.52. The van der Waals surface area contributed by atoms with Gasteiger partial charge in [0.1, 0.15) is 12.4 Å². The van der Waals surface area contributed by atoms with Crippen LogP contribution in [-0.2, 0) is 4.74 Å². The van der Waals surface area contributed by atoms with Crippen LogP contribution in [0.3, 0.4) is 0 Å². The Labute approximate surface area is 129 Å². The fourth-order valence-corrected chi connectivity index (χ4v) is 2.24. The average molecular weight is 376 g/mol. The predicted octanol–water partition coefficient (Wildman–Crippen LogP) is 5.02. The minimum Gasteiger partial charge on any atom is -0.496 e. The van der Waals surface area contributed by atoms with Crippen molar-refractivity contribution in [1.29, 1.82) is 0 Å². The molecule has 1 atom stereocenters. The molecule has 114 valence electrons. The topological polar surface area (TPSA) is 18.5 Å². The number of rotatable bonds is 6. The summed E-state index contributed by atoms with van der Waals surface area (Å²) in [7, 11) is 1.52. The minimum atomic E-state index is -4.31. The summed E-state index contributed by atoms with van der Waals surface area (Å²) in [5.41, 5.74) is 1.71. The summed E-state index contributed by atoms with van der Waals surface area (Å²) >= 11 is 9.59. The molecule has 0 N–H and O–H groups in total. The summed E-state index contributed by atoms with van der Waals surface area (Å²) in [5.74, 6) is 0.613. The minimum absolute atomic E-state index is 0.0671. The lowest BCUT2D eigenvalue weighted by Crippen LogP contribution is -2.17. The Kier molecular flexibility index (Phi) is 6.61. The molecular formula is C13H15BrClF3O2. The summed E-state index contributed by atoms with van der Waals surface area (Å²) in [6, 6.07) is 3.64. The third kappa shape index (κ3) is 5.50. The molecular weight excluding hydrogens is 360 g/mol. The molecule has 0 aliphatic rings. The van der Waals surface area contributed by atoms with Crippen molar-refractivity contribution < 1.29 is 22.6 Å². The lowest BCUT2D eigenvalue weighted by Gasteiger charge is -2.16. The van der Waals surface area contributed by atoms with Gasteiger partial charge in [0.2, 0.25) is 0 Å². The van der Waals surface area contributed by atoms with Crippen LogP contribution in [0.1, 0.15) is 22.9 Å². The molecule has 0 spiro atoms. The number of methoxy groups -OCH3 is 1. The number of hydrogen-bond acceptors (Lipinski definition) is 2. The quantitative estimate of drug-likeness (QED) is 0.514. The van der Waals surface area contributed by atoms with Crippen molar-refractivity contribution >= 4 is 27.5 Å². The van der Waals surface area contributed by atoms with Crippen molar-refractivity contribution in [2.45, 2.75) is 24.9 Å². The number of halogens is 5. The van der Waals surface area contributed by atoms with E-state index in [1.54, 1.807) is 0 Å². The summed E-state index contributed by atoms with van der Waals surface area (Å²) in [6.45, 7) is 0.583. The normalized spacial score (nSPS) is 13.3. The number of benzene rings is 1. The Hall–Kier alpha value is -0.460. The largest absolute Gasteiger partial charge is 0.496 e. The van der Waals surface area contributed by atoms with Crippen LogP contribution in [-0.4, -0.2) is 26.5 Å². The first-order valence-electron chi connectivity index (χ1n) is 5.87. The first-order valence-corrected chi connectivity index (χ1v) is 7.10. The van der Waals surface area contributed by atoms with Crippen molar-refractivity contribution in [1.82, 2.24) is 0 Å². The summed E-state index contributed by atoms with van der Waals surface area (Å²) < 4.78 is 46.5. The monoisotopic (exact) mass is 374 g/mol. The van der Waals surface area contributed by atoms with E-state index in [0.29, 0.717) is 5.75 Å². The van der Waals surface area contributed by atoms with Crippen molar-refractivity contribution in [3.05, 3.63) is 27.7 Å². The van der Waals surface area contributed by atoms with Crippen LogP contribution in [0.15, 0.2) is 16.6 Å². The van der Waals surface area contributed by atoms with Crippen LogP contribution < -0.4 is 4.74 Å². The van der Waals surface area contributed by atoms with E-state index in [2.05, 4.69) is 20.7 Å². The van der Waals surface area contributed by atoms with Crippen molar-refractivity contribution in [2.24, 2.45) is 0 Å². The summed E-state index contributed by atoms with van der Waals surface area (Å²) in [4.78, 5) is 0. The standard InChI is InChI=1S/C13H15BrClF3O2/c1-8-5-12(19-2)9(6-10(8)14)11(15)3-4-20-7-13(16,17)18/h5-6,11H,3-4,7H2,1-2H3. The average Bonchev–Trinajstić information content (AvgIpc) is 2.36. The molecule has 1 aromatic carbocycles. The number of aryl methyl sites for hydroxylation is 1. The summed E-state index contributed by atoms with van der Waals surface area (Å²) in [6.07, 6.45) is -4.05. The SMILES string of the molecule is COc1cc(C)c(Br)cc1C(Cl)CCOCC(F)(F)F. The third-order valence-electron chi connectivity index (χ3n) is 2.63. The van der Waals surface area contributed by atoms with Gasteiger partial charge in [0.15, 0.2) is 0 Å². The van der Waals surface area contributed by atoms with E-state index in [1.165, 1.54) is 7.11 Å². The van der Waals surface area contributed by atoms with E-state index in [4.69, 9.17) is 16.3 Å². The zero-order valence-electron chi connectivity index (χ0n) is 11.1. The van der Waals surface area contributed by atoms with Crippen LogP contribution in [0.25, 0.3) is 0 Å². The maximum absolute atomic E-state index is 11.9. The van der Waals surface area contributed by atoms with Crippen LogP contribution in [0, 0.1) is 6.92 Å². The molecule has 0 saturated carbocycles. The molecule has 1 unspecified atom stereocenters. The van der Waals surface area contributed by atoms with Gasteiger partial charge in [0.25, 0.3) is 0 Å². The van der Waals surface area contributed by atoms with Gasteiger partial charge >= 0.3 is 6.18 Å². The first-order chi connectivity index (χ1) is 9.24. The highest BCUT2D eigenvalue weighted by Gasteiger charge is 2.27. The highest BCUT2D eigenvalue weighted by atomic mass is 79.9. The first kappa shape index (κ1) is 17.6. The molecule has 0 saturated heterocycles. The smallest absolute Gasteiger partial charge is 0.411 e. The molecule has 0 aromatic heterocycles. The number of alkyl halides is 4. The molecule has 1 rings (SSSR count). The molecule has 0 radical (unpaired) electrons. The lowest BCUT2D eigenvalue weighted by atomic mass is 10.1. The second-order valence-electron chi connectivity index (χ2n) is 4.27. The zero-order chi connectivity index (χ0) is 15.3. The maximum atomic E-state index is 11.9. The molecule has 0 aliphatic heterocycles. The number of hydrogen-bond donors (Lipinski definition) is 0. The summed E-state index contributed by atoms with van der Waals surface area (Å²) in [5, 5.41) is -0.477. The van der Waals surface area contributed by atoms with Crippen LogP contribution in [0.5, 0.6) is 5.75 Å². The van der Waals surface area contributed by atoms with Crippen LogP contribution >= 0.6 is 27.5 Å². The van der Waals surface area contributed by atoms with E-state index in [9.17, 15) is 13.2 Å². The van der Waals surface area contributed by atoms with Gasteiger partial charge < -0.3 is 9.47 Å². The van der Waals surface area contributed by atoms with E-state index in [0.717, 1.165) is 15.6 Å². The van der Waals surface area contributed by atoms with Crippen molar-refractivity contribution in [3.63, 3.8) is 0 Å². The van der Waals surface area contributed by atoms with Crippen molar-refractivity contribution in [2.75, 3.05) is 20.3 Å². The highest BCUT2D eigenvalue weighted by Crippen LogP contribution is 2.36. The molecule has 2 nitrogen and oxygen atoms in total. The Bertz CT molecular complexity index is 452. The second-order valence-corrected chi connectivity index (χ2v) is 5.65. The van der Waals surface area contributed by atoms with Gasteiger partial charge in [-0.3, -0.25) is 0 Å². The van der Waals surface area contributed by atoms with E-state index >= 15 is 0 Å². The van der Waals surface area contributed by atoms with Crippen molar-refractivity contribution in [3.8, 4) is 5.75 Å². The molecule has 7 heteroatoms. The number of ether oxygens (including phenoxy) is 2. The Balaban J connectivity index is 2.63. The van der Waals surface area contributed by atoms with E-state index in [1.807, 2.05) is 19.1 Å². The third-order valence-corrected chi connectivity index (χ3v) is 3.94. The van der Waals surface area contributed by atoms with Gasteiger partial charge in [-0.1, -0.05) is 15.9 Å². The Morgan fingerprint density at radius 3 is 2.55 bits per heavy atom. The van der Waals surface area contributed by atoms with E-state index < -0.39 is 18.2 Å². The van der Waals surface area contributed by atoms with Crippen LogP contribution in [0.4, 0.5) is 13.2 Å². The van der Waals surface area contributed by atoms with Crippen LogP contribution in [0.2, 0.25) is 0 Å². The van der Waals surface area contributed by atoms with E-state index in [-0.39, 0.29) is 13.0 Å². The molecule has 0 bridgehead atoms. The molecule has 0 fully saturated rings. The molecule has 0 aliphatic carbocycles. The molecule has 0 amide bonds. The highest BCUT2D eigenvalue weighted by molar-refractivity contribution is 9.10. The Morgan fingerprint density at radius 2 is 2.00 bits per heavy atom. The molecule has 20 heavy (non-hydrogen) atoms. The Morgan fingerprint density at radius 1 is 1.35 bits per heavy atom. The van der Waals surface area contributed by atoms with Gasteiger partial charge in [0.05, 0.1) is 12.5 Å². The zero-order valence-corrected chi connectivity index (χ0v) is 13.4. The van der Waals surface area contributed by atoms with Gasteiger partial charge in [-0.25, -0.2) is 0 Å². The maximum Gasteiger partial charge on any atom is 0.411 e. The van der Waals surface area contributed by atoms with Gasteiger partial charge in [-0.2, -0.15) is 13.2 Å². The molecule has 1 aromatic rings.